The van der Waals surface area contributed by atoms with E-state index in [4.69, 9.17) is 0 Å². The summed E-state index contributed by atoms with van der Waals surface area (Å²) in [4.78, 5) is 16.2. The van der Waals surface area contributed by atoms with Crippen molar-refractivity contribution in [3.8, 4) is 0 Å². The molecular formula is C11H21N3O. The zero-order valence-corrected chi connectivity index (χ0v) is 10.4. The van der Waals surface area contributed by atoms with Crippen molar-refractivity contribution in [2.75, 3.05) is 0 Å². The molecule has 0 spiro atoms. The number of nitrogens with one attached hydrogen (secondary N) is 2. The van der Waals surface area contributed by atoms with E-state index in [0.717, 1.165) is 0 Å². The van der Waals surface area contributed by atoms with Gasteiger partial charge in [-0.1, -0.05) is 13.8 Å². The average Bonchev–Trinajstić information content (AvgIpc) is 2.24. The molecule has 0 aromatic rings. The van der Waals surface area contributed by atoms with Gasteiger partial charge in [-0.3, -0.25) is 10.1 Å². The largest absolute Gasteiger partial charge is 0.351 e. The molecule has 2 N–H and O–H groups in total. The van der Waals surface area contributed by atoms with Crippen LogP contribution in [-0.4, -0.2) is 22.9 Å². The molecule has 1 atom stereocenters. The number of aliphatic imine (C=N–C) groups is 1. The highest BCUT2D eigenvalue weighted by Crippen LogP contribution is 2.25. The van der Waals surface area contributed by atoms with Crippen LogP contribution in [0.1, 0.15) is 41.5 Å². The first-order chi connectivity index (χ1) is 6.65. The molecule has 4 nitrogen and oxygen atoms in total. The topological polar surface area (TPSA) is 53.5 Å². The van der Waals surface area contributed by atoms with Crippen LogP contribution in [0.15, 0.2) is 4.99 Å². The standard InChI is InChI=1S/C11H21N3O/c1-7(2)11(6)8(15)12-9(14-11)13-10(3,4)5/h7H,1-6H3,(H2,12,13,14,15). The molecule has 0 saturated heterocycles. The summed E-state index contributed by atoms with van der Waals surface area (Å²) in [5.74, 6) is 0.754. The molecule has 0 fully saturated rings. The number of rotatable bonds is 1. The van der Waals surface area contributed by atoms with Gasteiger partial charge in [-0.25, -0.2) is 4.99 Å². The van der Waals surface area contributed by atoms with Gasteiger partial charge >= 0.3 is 0 Å². The van der Waals surface area contributed by atoms with E-state index < -0.39 is 5.54 Å². The van der Waals surface area contributed by atoms with Gasteiger partial charge in [0.05, 0.1) is 0 Å². The quantitative estimate of drug-likeness (QED) is 0.686. The molecule has 0 aromatic heterocycles. The van der Waals surface area contributed by atoms with E-state index in [1.807, 2.05) is 41.5 Å². The number of hydrogen-bond donors (Lipinski definition) is 2. The van der Waals surface area contributed by atoms with Gasteiger partial charge in [-0.15, -0.1) is 0 Å². The minimum atomic E-state index is -0.631. The Balaban J connectivity index is 2.85. The maximum Gasteiger partial charge on any atom is 0.254 e. The van der Waals surface area contributed by atoms with E-state index in [0.29, 0.717) is 5.96 Å². The van der Waals surface area contributed by atoms with Crippen LogP contribution in [0, 0.1) is 5.92 Å². The summed E-state index contributed by atoms with van der Waals surface area (Å²) in [5.41, 5.74) is -0.720. The van der Waals surface area contributed by atoms with Crippen molar-refractivity contribution in [1.82, 2.24) is 10.6 Å². The molecule has 4 heteroatoms. The van der Waals surface area contributed by atoms with E-state index in [-0.39, 0.29) is 17.4 Å². The number of amides is 1. The van der Waals surface area contributed by atoms with Gasteiger partial charge in [-0.2, -0.15) is 0 Å². The third kappa shape index (κ3) is 2.49. The Morgan fingerprint density at radius 1 is 1.40 bits per heavy atom. The maximum absolute atomic E-state index is 11.8. The van der Waals surface area contributed by atoms with Crippen molar-refractivity contribution >= 4 is 11.9 Å². The summed E-state index contributed by atoms with van der Waals surface area (Å²) in [6.45, 7) is 12.0. The lowest BCUT2D eigenvalue weighted by molar-refractivity contribution is -0.124. The fourth-order valence-electron chi connectivity index (χ4n) is 1.35. The van der Waals surface area contributed by atoms with Crippen LogP contribution in [0.4, 0.5) is 0 Å². The summed E-state index contributed by atoms with van der Waals surface area (Å²) in [6, 6.07) is 0. The second-order valence-electron chi connectivity index (χ2n) is 5.59. The molecule has 86 valence electrons. The normalized spacial score (nSPS) is 26.6. The van der Waals surface area contributed by atoms with E-state index in [2.05, 4.69) is 15.6 Å². The molecule has 1 unspecified atom stereocenters. The third-order valence-corrected chi connectivity index (χ3v) is 2.65. The van der Waals surface area contributed by atoms with Crippen LogP contribution in [0.3, 0.4) is 0 Å². The number of nitrogens with zero attached hydrogens (tertiary/aromatic N) is 1. The molecule has 1 aliphatic rings. The Bertz CT molecular complexity index is 301. The smallest absolute Gasteiger partial charge is 0.254 e. The molecular weight excluding hydrogens is 190 g/mol. The summed E-state index contributed by atoms with van der Waals surface area (Å²) in [6.07, 6.45) is 0. The van der Waals surface area contributed by atoms with Crippen molar-refractivity contribution < 1.29 is 4.79 Å². The molecule has 1 aliphatic heterocycles. The number of carbonyl (C=O) groups excluding carboxylic acids is 1. The molecule has 1 amide bonds. The number of hydrogen-bond acceptors (Lipinski definition) is 3. The van der Waals surface area contributed by atoms with E-state index in [1.54, 1.807) is 0 Å². The van der Waals surface area contributed by atoms with Gasteiger partial charge in [0.2, 0.25) is 0 Å². The van der Waals surface area contributed by atoms with Gasteiger partial charge < -0.3 is 5.32 Å². The fraction of sp³-hybridized carbons (Fsp3) is 0.818. The Kier molecular flexibility index (Phi) is 2.81. The van der Waals surface area contributed by atoms with Crippen molar-refractivity contribution in [1.29, 1.82) is 0 Å². The summed E-state index contributed by atoms with van der Waals surface area (Å²) >= 11 is 0. The summed E-state index contributed by atoms with van der Waals surface area (Å²) < 4.78 is 0. The van der Waals surface area contributed by atoms with Gasteiger partial charge in [0.1, 0.15) is 5.54 Å². The molecule has 1 rings (SSSR count). The van der Waals surface area contributed by atoms with Crippen LogP contribution in [0.2, 0.25) is 0 Å². The molecule has 0 bridgehead atoms. The number of carbonyl (C=O) groups is 1. The first-order valence-electron chi connectivity index (χ1n) is 5.34. The minimum absolute atomic E-state index is 0.0238. The predicted octanol–water partition coefficient (Wildman–Crippen LogP) is 1.27. The van der Waals surface area contributed by atoms with Crippen molar-refractivity contribution in [2.45, 2.75) is 52.6 Å². The maximum atomic E-state index is 11.8. The molecule has 0 saturated carbocycles. The first-order valence-corrected chi connectivity index (χ1v) is 5.34. The van der Waals surface area contributed by atoms with Crippen LogP contribution in [-0.2, 0) is 4.79 Å². The average molecular weight is 211 g/mol. The predicted molar refractivity (Wildman–Crippen MR) is 61.7 cm³/mol. The molecule has 15 heavy (non-hydrogen) atoms. The van der Waals surface area contributed by atoms with E-state index in [9.17, 15) is 4.79 Å². The van der Waals surface area contributed by atoms with Crippen molar-refractivity contribution in [3.05, 3.63) is 0 Å². The SMILES string of the molecule is CC(C)C1(C)N=C(NC(C)(C)C)NC1=O. The highest BCUT2D eigenvalue weighted by atomic mass is 16.2. The molecule has 1 heterocycles. The monoisotopic (exact) mass is 211 g/mol. The molecule has 0 radical (unpaired) electrons. The molecule has 0 aromatic carbocycles. The highest BCUT2D eigenvalue weighted by molar-refractivity contribution is 6.07. The number of guanidine groups is 1. The van der Waals surface area contributed by atoms with Gasteiger partial charge in [0.25, 0.3) is 5.91 Å². The Morgan fingerprint density at radius 2 is 1.93 bits per heavy atom. The lowest BCUT2D eigenvalue weighted by Crippen LogP contribution is -2.47. The van der Waals surface area contributed by atoms with Crippen LogP contribution in [0.5, 0.6) is 0 Å². The second kappa shape index (κ2) is 3.51. The van der Waals surface area contributed by atoms with Crippen LogP contribution >= 0.6 is 0 Å². The second-order valence-corrected chi connectivity index (χ2v) is 5.59. The molecule has 0 aliphatic carbocycles. The summed E-state index contributed by atoms with van der Waals surface area (Å²) in [5, 5.41) is 5.96. The zero-order chi connectivity index (χ0) is 11.9. The van der Waals surface area contributed by atoms with E-state index >= 15 is 0 Å². The van der Waals surface area contributed by atoms with Crippen molar-refractivity contribution in [2.24, 2.45) is 10.9 Å². The minimum Gasteiger partial charge on any atom is -0.351 e. The Labute approximate surface area is 91.5 Å². The Hall–Kier alpha value is -1.06. The van der Waals surface area contributed by atoms with E-state index in [1.165, 1.54) is 0 Å². The fourth-order valence-corrected chi connectivity index (χ4v) is 1.35. The summed E-state index contributed by atoms with van der Waals surface area (Å²) in [7, 11) is 0. The van der Waals surface area contributed by atoms with Gasteiger partial charge in [0.15, 0.2) is 5.96 Å². The van der Waals surface area contributed by atoms with Crippen molar-refractivity contribution in [3.63, 3.8) is 0 Å². The van der Waals surface area contributed by atoms with Gasteiger partial charge in [-0.05, 0) is 33.6 Å². The first kappa shape index (κ1) is 12.0. The third-order valence-electron chi connectivity index (χ3n) is 2.65. The van der Waals surface area contributed by atoms with Crippen LogP contribution in [0.25, 0.3) is 0 Å². The highest BCUT2D eigenvalue weighted by Gasteiger charge is 2.42. The zero-order valence-electron chi connectivity index (χ0n) is 10.4. The lowest BCUT2D eigenvalue weighted by Gasteiger charge is -2.22. The van der Waals surface area contributed by atoms with Crippen LogP contribution < -0.4 is 10.6 Å². The Morgan fingerprint density at radius 3 is 2.27 bits per heavy atom. The lowest BCUT2D eigenvalue weighted by atomic mass is 9.89. The van der Waals surface area contributed by atoms with Gasteiger partial charge in [0, 0.05) is 5.54 Å².